The Bertz CT molecular complexity index is 562. The molecule has 0 radical (unpaired) electrons. The highest BCUT2D eigenvalue weighted by Crippen LogP contribution is 2.34. The lowest BCUT2D eigenvalue weighted by Crippen LogP contribution is -2.22. The second-order valence-electron chi connectivity index (χ2n) is 5.02. The summed E-state index contributed by atoms with van der Waals surface area (Å²) >= 11 is 5.68. The molecule has 2 aromatic rings. The molecule has 0 aliphatic carbocycles. The lowest BCUT2D eigenvalue weighted by molar-refractivity contribution is 0.604. The first-order valence-corrected chi connectivity index (χ1v) is 8.85. The van der Waals surface area contributed by atoms with Gasteiger partial charge in [-0.25, -0.2) is 0 Å². The Kier molecular flexibility index (Phi) is 5.82. The maximum atomic E-state index is 3.76. The highest BCUT2D eigenvalue weighted by molar-refractivity contribution is 9.10. The van der Waals surface area contributed by atoms with Crippen molar-refractivity contribution in [2.75, 3.05) is 6.54 Å². The zero-order valence-corrected chi connectivity index (χ0v) is 14.8. The zero-order valence-electron chi connectivity index (χ0n) is 12.4. The van der Waals surface area contributed by atoms with Crippen molar-refractivity contribution in [3.63, 3.8) is 0 Å². The van der Waals surface area contributed by atoms with Crippen LogP contribution in [0.25, 0.3) is 0 Å². The molecular weight excluding hydrogens is 330 g/mol. The van der Waals surface area contributed by atoms with E-state index in [1.165, 1.54) is 25.4 Å². The van der Waals surface area contributed by atoms with Crippen LogP contribution in [0.2, 0.25) is 0 Å². The van der Waals surface area contributed by atoms with E-state index in [1.807, 2.05) is 11.3 Å². The van der Waals surface area contributed by atoms with E-state index in [-0.39, 0.29) is 6.04 Å². The number of halogens is 1. The monoisotopic (exact) mass is 351 g/mol. The average Bonchev–Trinajstić information content (AvgIpc) is 2.92. The average molecular weight is 352 g/mol. The fourth-order valence-electron chi connectivity index (χ4n) is 2.29. The van der Waals surface area contributed by atoms with Gasteiger partial charge in [-0.1, -0.05) is 48.0 Å². The Labute approximate surface area is 134 Å². The fraction of sp³-hybridized carbons (Fsp3) is 0.412. The van der Waals surface area contributed by atoms with Crippen molar-refractivity contribution in [3.8, 4) is 0 Å². The lowest BCUT2D eigenvalue weighted by atomic mass is 10.0. The second-order valence-corrected chi connectivity index (χ2v) is 7.02. The number of aryl methyl sites for hydroxylation is 2. The molecule has 1 unspecified atom stereocenters. The third kappa shape index (κ3) is 3.51. The van der Waals surface area contributed by atoms with Crippen LogP contribution in [0.4, 0.5) is 0 Å². The summed E-state index contributed by atoms with van der Waals surface area (Å²) in [4.78, 5) is 2.86. The first kappa shape index (κ1) is 15.7. The molecule has 1 N–H and O–H groups in total. The van der Waals surface area contributed by atoms with Gasteiger partial charge in [-0.3, -0.25) is 0 Å². The number of rotatable bonds is 6. The highest BCUT2D eigenvalue weighted by atomic mass is 79.9. The summed E-state index contributed by atoms with van der Waals surface area (Å²) < 4.78 is 1.22. The Morgan fingerprint density at radius 2 is 2.00 bits per heavy atom. The minimum absolute atomic E-state index is 0.287. The fourth-order valence-corrected chi connectivity index (χ4v) is 3.83. The molecule has 1 aromatic heterocycles. The van der Waals surface area contributed by atoms with Crippen molar-refractivity contribution < 1.29 is 0 Å². The number of benzene rings is 1. The van der Waals surface area contributed by atoms with E-state index >= 15 is 0 Å². The summed E-state index contributed by atoms with van der Waals surface area (Å²) in [6.45, 7) is 7.61. The molecule has 1 heterocycles. The van der Waals surface area contributed by atoms with Crippen LogP contribution in [0.1, 0.15) is 47.2 Å². The smallest absolute Gasteiger partial charge is 0.0682 e. The first-order valence-electron chi connectivity index (χ1n) is 7.24. The summed E-state index contributed by atoms with van der Waals surface area (Å²) in [7, 11) is 0. The molecule has 20 heavy (non-hydrogen) atoms. The van der Waals surface area contributed by atoms with Crippen LogP contribution in [0.15, 0.2) is 34.8 Å². The van der Waals surface area contributed by atoms with Gasteiger partial charge in [-0.05, 0) is 49.6 Å². The largest absolute Gasteiger partial charge is 0.306 e. The SMILES string of the molecule is CCCNC(c1ccc(CC)s1)c1cccc(C)c1Br. The predicted octanol–water partition coefficient (Wildman–Crippen LogP) is 5.47. The van der Waals surface area contributed by atoms with Gasteiger partial charge in [0.1, 0.15) is 0 Å². The molecule has 0 aliphatic rings. The molecule has 108 valence electrons. The third-order valence-electron chi connectivity index (χ3n) is 3.45. The van der Waals surface area contributed by atoms with Gasteiger partial charge in [0.15, 0.2) is 0 Å². The van der Waals surface area contributed by atoms with Crippen molar-refractivity contribution in [1.82, 2.24) is 5.32 Å². The maximum Gasteiger partial charge on any atom is 0.0682 e. The molecule has 1 aromatic carbocycles. The van der Waals surface area contributed by atoms with Crippen molar-refractivity contribution >= 4 is 27.3 Å². The van der Waals surface area contributed by atoms with Gasteiger partial charge in [0.05, 0.1) is 6.04 Å². The summed E-state index contributed by atoms with van der Waals surface area (Å²) in [5, 5.41) is 3.69. The highest BCUT2D eigenvalue weighted by Gasteiger charge is 2.18. The summed E-state index contributed by atoms with van der Waals surface area (Å²) in [6.07, 6.45) is 2.26. The van der Waals surface area contributed by atoms with E-state index in [0.717, 1.165) is 19.4 Å². The van der Waals surface area contributed by atoms with Crippen LogP contribution >= 0.6 is 27.3 Å². The molecule has 1 atom stereocenters. The van der Waals surface area contributed by atoms with Crippen LogP contribution in [-0.4, -0.2) is 6.54 Å². The minimum Gasteiger partial charge on any atom is -0.306 e. The normalized spacial score (nSPS) is 12.6. The van der Waals surface area contributed by atoms with Gasteiger partial charge >= 0.3 is 0 Å². The molecule has 0 fully saturated rings. The Morgan fingerprint density at radius 3 is 2.65 bits per heavy atom. The number of thiophene rings is 1. The van der Waals surface area contributed by atoms with Crippen LogP contribution in [0, 0.1) is 6.92 Å². The molecule has 0 amide bonds. The van der Waals surface area contributed by atoms with E-state index in [9.17, 15) is 0 Å². The van der Waals surface area contributed by atoms with Crippen molar-refractivity contribution in [1.29, 1.82) is 0 Å². The summed E-state index contributed by atoms with van der Waals surface area (Å²) in [5.41, 5.74) is 2.63. The first-order chi connectivity index (χ1) is 9.67. The van der Waals surface area contributed by atoms with E-state index in [0.29, 0.717) is 0 Å². The van der Waals surface area contributed by atoms with Gasteiger partial charge in [0.2, 0.25) is 0 Å². The van der Waals surface area contributed by atoms with Crippen LogP contribution in [0.3, 0.4) is 0 Å². The number of hydrogen-bond acceptors (Lipinski definition) is 2. The molecule has 0 saturated heterocycles. The van der Waals surface area contributed by atoms with Crippen molar-refractivity contribution in [3.05, 3.63) is 55.7 Å². The topological polar surface area (TPSA) is 12.0 Å². The molecule has 0 aliphatic heterocycles. The quantitative estimate of drug-likeness (QED) is 0.727. The van der Waals surface area contributed by atoms with Crippen LogP contribution in [-0.2, 0) is 6.42 Å². The van der Waals surface area contributed by atoms with E-state index < -0.39 is 0 Å². The van der Waals surface area contributed by atoms with Crippen molar-refractivity contribution in [2.24, 2.45) is 0 Å². The predicted molar refractivity (Wildman–Crippen MR) is 92.7 cm³/mol. The van der Waals surface area contributed by atoms with E-state index in [2.05, 4.69) is 72.3 Å². The summed E-state index contributed by atoms with van der Waals surface area (Å²) in [6, 6.07) is 11.3. The van der Waals surface area contributed by atoms with Gasteiger partial charge in [-0.15, -0.1) is 11.3 Å². The Morgan fingerprint density at radius 1 is 1.20 bits per heavy atom. The molecule has 2 rings (SSSR count). The molecule has 0 saturated carbocycles. The Hall–Kier alpha value is -0.640. The standard InChI is InChI=1S/C17H22BrNS/c1-4-11-19-17(15-10-9-13(5-2)20-15)14-8-6-7-12(3)16(14)18/h6-10,17,19H,4-5,11H2,1-3H3. The van der Waals surface area contributed by atoms with Crippen molar-refractivity contribution in [2.45, 2.75) is 39.7 Å². The molecule has 0 spiro atoms. The zero-order chi connectivity index (χ0) is 14.5. The number of nitrogens with one attached hydrogen (secondary N) is 1. The molecule has 3 heteroatoms. The second kappa shape index (κ2) is 7.39. The van der Waals surface area contributed by atoms with Gasteiger partial charge in [0, 0.05) is 14.2 Å². The lowest BCUT2D eigenvalue weighted by Gasteiger charge is -2.20. The van der Waals surface area contributed by atoms with Gasteiger partial charge < -0.3 is 5.32 Å². The van der Waals surface area contributed by atoms with E-state index in [4.69, 9.17) is 0 Å². The van der Waals surface area contributed by atoms with Crippen LogP contribution < -0.4 is 5.32 Å². The molecule has 0 bridgehead atoms. The van der Waals surface area contributed by atoms with Gasteiger partial charge in [0.25, 0.3) is 0 Å². The number of hydrogen-bond donors (Lipinski definition) is 1. The maximum absolute atomic E-state index is 3.76. The third-order valence-corrected chi connectivity index (χ3v) is 5.82. The molecule has 1 nitrogen and oxygen atoms in total. The van der Waals surface area contributed by atoms with E-state index in [1.54, 1.807) is 0 Å². The molecular formula is C17H22BrNS. The van der Waals surface area contributed by atoms with Crippen LogP contribution in [0.5, 0.6) is 0 Å². The Balaban J connectivity index is 2.38. The summed E-state index contributed by atoms with van der Waals surface area (Å²) in [5.74, 6) is 0. The van der Waals surface area contributed by atoms with Gasteiger partial charge in [-0.2, -0.15) is 0 Å². The minimum atomic E-state index is 0.287.